The smallest absolute Gasteiger partial charge is 0.143 e. The SMILES string of the molecule is ClC1CN(C(NCCN2CCOCC2)c2ccncn2)CCO1. The molecular formula is C15H24ClN5O2. The molecule has 23 heavy (non-hydrogen) atoms. The minimum atomic E-state index is -0.269. The summed E-state index contributed by atoms with van der Waals surface area (Å²) < 4.78 is 10.8. The summed E-state index contributed by atoms with van der Waals surface area (Å²) in [6.07, 6.45) is 3.39. The van der Waals surface area contributed by atoms with Crippen molar-refractivity contribution in [1.29, 1.82) is 0 Å². The summed E-state index contributed by atoms with van der Waals surface area (Å²) in [7, 11) is 0. The van der Waals surface area contributed by atoms with Gasteiger partial charge in [-0.2, -0.15) is 0 Å². The fourth-order valence-electron chi connectivity index (χ4n) is 2.93. The first-order valence-corrected chi connectivity index (χ1v) is 8.56. The topological polar surface area (TPSA) is 62.8 Å². The number of alkyl halides is 1. The van der Waals surface area contributed by atoms with Crippen LogP contribution in [0.3, 0.4) is 0 Å². The van der Waals surface area contributed by atoms with Crippen molar-refractivity contribution in [3.05, 3.63) is 24.3 Å². The number of aromatic nitrogens is 2. The highest BCUT2D eigenvalue weighted by atomic mass is 35.5. The Morgan fingerprint density at radius 3 is 2.91 bits per heavy atom. The van der Waals surface area contributed by atoms with Gasteiger partial charge in [0.15, 0.2) is 0 Å². The summed E-state index contributed by atoms with van der Waals surface area (Å²) in [5.41, 5.74) is 0.696. The molecule has 1 N–H and O–H groups in total. The fourth-order valence-corrected chi connectivity index (χ4v) is 3.19. The minimum Gasteiger partial charge on any atom is -0.379 e. The molecule has 2 fully saturated rings. The highest BCUT2D eigenvalue weighted by Crippen LogP contribution is 2.20. The lowest BCUT2D eigenvalue weighted by Crippen LogP contribution is -2.49. The van der Waals surface area contributed by atoms with Crippen molar-refractivity contribution in [1.82, 2.24) is 25.1 Å². The minimum absolute atomic E-state index is 0.0317. The van der Waals surface area contributed by atoms with Gasteiger partial charge in [-0.15, -0.1) is 0 Å². The van der Waals surface area contributed by atoms with E-state index in [-0.39, 0.29) is 11.7 Å². The Balaban J connectivity index is 1.58. The largest absolute Gasteiger partial charge is 0.379 e. The second-order valence-corrected chi connectivity index (χ2v) is 6.21. The molecule has 2 saturated heterocycles. The van der Waals surface area contributed by atoms with Crippen molar-refractivity contribution < 1.29 is 9.47 Å². The van der Waals surface area contributed by atoms with Crippen LogP contribution in [0.2, 0.25) is 0 Å². The summed E-state index contributed by atoms with van der Waals surface area (Å²) in [5.74, 6) is 0. The molecule has 2 atom stereocenters. The van der Waals surface area contributed by atoms with E-state index in [9.17, 15) is 0 Å². The van der Waals surface area contributed by atoms with Crippen LogP contribution in [0.25, 0.3) is 0 Å². The summed E-state index contributed by atoms with van der Waals surface area (Å²) in [6, 6.07) is 1.95. The number of rotatable bonds is 6. The Labute approximate surface area is 141 Å². The average molecular weight is 342 g/mol. The molecule has 128 valence electrons. The summed E-state index contributed by atoms with van der Waals surface area (Å²) >= 11 is 6.15. The molecule has 3 rings (SSSR count). The fraction of sp³-hybridized carbons (Fsp3) is 0.733. The van der Waals surface area contributed by atoms with Crippen LogP contribution in [-0.2, 0) is 9.47 Å². The molecule has 0 aromatic carbocycles. The summed E-state index contributed by atoms with van der Waals surface area (Å²) in [5, 5.41) is 3.61. The third-order valence-electron chi connectivity index (χ3n) is 4.17. The van der Waals surface area contributed by atoms with Crippen LogP contribution in [0.5, 0.6) is 0 Å². The molecule has 0 bridgehead atoms. The van der Waals surface area contributed by atoms with E-state index in [1.807, 2.05) is 6.07 Å². The zero-order valence-corrected chi connectivity index (χ0v) is 14.0. The van der Waals surface area contributed by atoms with Crippen LogP contribution in [-0.4, -0.2) is 84.4 Å². The number of ether oxygens (including phenoxy) is 2. The predicted molar refractivity (Wildman–Crippen MR) is 87.2 cm³/mol. The van der Waals surface area contributed by atoms with Crippen LogP contribution in [0, 0.1) is 0 Å². The molecular weight excluding hydrogens is 318 g/mol. The van der Waals surface area contributed by atoms with Crippen molar-refractivity contribution in [3.63, 3.8) is 0 Å². The molecule has 0 spiro atoms. The Morgan fingerprint density at radius 1 is 1.30 bits per heavy atom. The molecule has 2 aliphatic heterocycles. The first-order chi connectivity index (χ1) is 11.3. The van der Waals surface area contributed by atoms with E-state index in [0.29, 0.717) is 13.2 Å². The van der Waals surface area contributed by atoms with E-state index < -0.39 is 0 Å². The van der Waals surface area contributed by atoms with Gasteiger partial charge in [0.1, 0.15) is 18.1 Å². The number of nitrogens with zero attached hydrogens (tertiary/aromatic N) is 4. The number of nitrogens with one attached hydrogen (secondary N) is 1. The normalized spacial score (nSPS) is 25.3. The maximum absolute atomic E-state index is 6.15. The molecule has 8 heteroatoms. The summed E-state index contributed by atoms with van der Waals surface area (Å²) in [4.78, 5) is 13.1. The van der Waals surface area contributed by atoms with Gasteiger partial charge in [0, 0.05) is 45.5 Å². The van der Waals surface area contributed by atoms with E-state index in [0.717, 1.165) is 51.6 Å². The Bertz CT molecular complexity index is 460. The van der Waals surface area contributed by atoms with E-state index >= 15 is 0 Å². The third kappa shape index (κ3) is 5.07. The van der Waals surface area contributed by atoms with Gasteiger partial charge < -0.3 is 9.47 Å². The lowest BCUT2D eigenvalue weighted by Gasteiger charge is -2.37. The monoisotopic (exact) mass is 341 g/mol. The number of halogens is 1. The van der Waals surface area contributed by atoms with Gasteiger partial charge in [-0.3, -0.25) is 15.1 Å². The quantitative estimate of drug-likeness (QED) is 0.746. The Kier molecular flexibility index (Phi) is 6.56. The maximum Gasteiger partial charge on any atom is 0.143 e. The lowest BCUT2D eigenvalue weighted by atomic mass is 10.2. The van der Waals surface area contributed by atoms with E-state index in [2.05, 4.69) is 25.1 Å². The molecule has 2 aliphatic rings. The van der Waals surface area contributed by atoms with E-state index in [1.165, 1.54) is 0 Å². The Morgan fingerprint density at radius 2 is 2.17 bits per heavy atom. The molecule has 1 aromatic rings. The molecule has 0 saturated carbocycles. The van der Waals surface area contributed by atoms with Crippen molar-refractivity contribution in [2.75, 3.05) is 59.1 Å². The zero-order valence-electron chi connectivity index (χ0n) is 13.2. The second-order valence-electron chi connectivity index (χ2n) is 5.72. The molecule has 0 radical (unpaired) electrons. The van der Waals surface area contributed by atoms with Crippen LogP contribution in [0.4, 0.5) is 0 Å². The summed E-state index contributed by atoms with van der Waals surface area (Å²) in [6.45, 7) is 7.70. The van der Waals surface area contributed by atoms with Crippen molar-refractivity contribution in [2.24, 2.45) is 0 Å². The van der Waals surface area contributed by atoms with Gasteiger partial charge in [-0.25, -0.2) is 9.97 Å². The number of hydrogen-bond acceptors (Lipinski definition) is 7. The molecule has 3 heterocycles. The lowest BCUT2D eigenvalue weighted by molar-refractivity contribution is -0.0144. The van der Waals surface area contributed by atoms with Crippen LogP contribution in [0.15, 0.2) is 18.6 Å². The van der Waals surface area contributed by atoms with Crippen LogP contribution >= 0.6 is 11.6 Å². The van der Waals surface area contributed by atoms with Gasteiger partial charge in [-0.05, 0) is 6.07 Å². The number of morpholine rings is 2. The van der Waals surface area contributed by atoms with Gasteiger partial charge in [0.05, 0.1) is 25.5 Å². The second kappa shape index (κ2) is 8.86. The molecule has 1 aromatic heterocycles. The first kappa shape index (κ1) is 17.0. The molecule has 0 amide bonds. The van der Waals surface area contributed by atoms with E-state index in [4.69, 9.17) is 21.1 Å². The van der Waals surface area contributed by atoms with Crippen molar-refractivity contribution in [2.45, 2.75) is 11.7 Å². The predicted octanol–water partition coefficient (Wildman–Crippen LogP) is 0.294. The van der Waals surface area contributed by atoms with Gasteiger partial charge >= 0.3 is 0 Å². The highest BCUT2D eigenvalue weighted by Gasteiger charge is 2.27. The van der Waals surface area contributed by atoms with Crippen molar-refractivity contribution >= 4 is 11.6 Å². The zero-order chi connectivity index (χ0) is 15.9. The van der Waals surface area contributed by atoms with Crippen LogP contribution < -0.4 is 5.32 Å². The maximum atomic E-state index is 6.15. The third-order valence-corrected chi connectivity index (χ3v) is 4.44. The molecule has 7 nitrogen and oxygen atoms in total. The number of hydrogen-bond donors (Lipinski definition) is 1. The van der Waals surface area contributed by atoms with E-state index in [1.54, 1.807) is 12.5 Å². The Hall–Kier alpha value is -0.830. The first-order valence-electron chi connectivity index (χ1n) is 8.12. The van der Waals surface area contributed by atoms with Crippen molar-refractivity contribution in [3.8, 4) is 0 Å². The highest BCUT2D eigenvalue weighted by molar-refractivity contribution is 6.19. The molecule has 2 unspecified atom stereocenters. The van der Waals surface area contributed by atoms with Crippen LogP contribution in [0.1, 0.15) is 11.9 Å². The molecule has 0 aliphatic carbocycles. The standard InChI is InChI=1S/C15H24ClN5O2/c16-14-11-21(7-10-23-14)15(13-1-2-17-12-19-13)18-3-4-20-5-8-22-9-6-20/h1-2,12,14-15,18H,3-11H2. The van der Waals surface area contributed by atoms with Gasteiger partial charge in [-0.1, -0.05) is 11.6 Å². The van der Waals surface area contributed by atoms with Gasteiger partial charge in [0.25, 0.3) is 0 Å². The van der Waals surface area contributed by atoms with Gasteiger partial charge in [0.2, 0.25) is 0 Å². The average Bonchev–Trinajstić information content (AvgIpc) is 2.60.